The minimum absolute atomic E-state index is 0.112. The lowest BCUT2D eigenvalue weighted by atomic mass is 9.80. The van der Waals surface area contributed by atoms with E-state index in [0.29, 0.717) is 5.46 Å². The molecule has 21 heavy (non-hydrogen) atoms. The van der Waals surface area contributed by atoms with Crippen LogP contribution in [0.25, 0.3) is 11.1 Å². The third-order valence-corrected chi connectivity index (χ3v) is 2.91. The summed E-state index contributed by atoms with van der Waals surface area (Å²) in [6, 6.07) is 14.7. The van der Waals surface area contributed by atoms with Crippen molar-refractivity contribution in [2.75, 3.05) is 0 Å². The van der Waals surface area contributed by atoms with Crippen molar-refractivity contribution in [3.63, 3.8) is 0 Å². The van der Waals surface area contributed by atoms with Crippen molar-refractivity contribution in [3.8, 4) is 11.1 Å². The molecular weight excluding hydrogens is 285 g/mol. The summed E-state index contributed by atoms with van der Waals surface area (Å²) in [5, 5.41) is 22.2. The van der Waals surface area contributed by atoms with E-state index in [0.717, 1.165) is 16.7 Å². The van der Waals surface area contributed by atoms with Crippen LogP contribution in [0.1, 0.15) is 5.56 Å². The molecule has 0 heterocycles. The van der Waals surface area contributed by atoms with Gasteiger partial charge in [-0.05, 0) is 40.4 Å². The van der Waals surface area contributed by atoms with Gasteiger partial charge in [-0.2, -0.15) is 5.10 Å². The maximum Gasteiger partial charge on any atom is 0.488 e. The minimum atomic E-state index is -1.45. The molecule has 0 spiro atoms. The first-order chi connectivity index (χ1) is 10.1. The summed E-state index contributed by atoms with van der Waals surface area (Å²) in [5.74, 6) is 0. The zero-order valence-electron chi connectivity index (χ0n) is 11.1. The largest absolute Gasteiger partial charge is 0.488 e. The Balaban J connectivity index is 2.20. The highest BCUT2D eigenvalue weighted by Gasteiger charge is 2.10. The van der Waals surface area contributed by atoms with Gasteiger partial charge < -0.3 is 15.8 Å². The molecule has 0 saturated carbocycles. The van der Waals surface area contributed by atoms with Crippen LogP contribution in [0.3, 0.4) is 0 Å². The van der Waals surface area contributed by atoms with E-state index in [-0.39, 0.29) is 5.11 Å². The average Bonchev–Trinajstić information content (AvgIpc) is 2.47. The SMILES string of the molecule is NC(=S)NN=Cc1cccc(-c2ccc(B(O)O)cc2)c1. The highest BCUT2D eigenvalue weighted by molar-refractivity contribution is 7.80. The summed E-state index contributed by atoms with van der Waals surface area (Å²) in [5.41, 5.74) is 11.1. The van der Waals surface area contributed by atoms with Crippen molar-refractivity contribution in [2.24, 2.45) is 10.8 Å². The van der Waals surface area contributed by atoms with E-state index >= 15 is 0 Å². The van der Waals surface area contributed by atoms with Gasteiger partial charge in [0.05, 0.1) is 6.21 Å². The van der Waals surface area contributed by atoms with Crippen LogP contribution in [0.15, 0.2) is 53.6 Å². The molecule has 0 bridgehead atoms. The van der Waals surface area contributed by atoms with Crippen molar-refractivity contribution >= 4 is 36.1 Å². The van der Waals surface area contributed by atoms with Crippen LogP contribution >= 0.6 is 12.2 Å². The lowest BCUT2D eigenvalue weighted by molar-refractivity contribution is 0.426. The smallest absolute Gasteiger partial charge is 0.423 e. The fourth-order valence-electron chi connectivity index (χ4n) is 1.82. The topological polar surface area (TPSA) is 90.9 Å². The molecule has 106 valence electrons. The first-order valence-electron chi connectivity index (χ1n) is 6.21. The number of nitrogens with zero attached hydrogens (tertiary/aromatic N) is 1. The molecule has 0 aliphatic heterocycles. The summed E-state index contributed by atoms with van der Waals surface area (Å²) in [6.45, 7) is 0. The molecule has 2 aromatic carbocycles. The molecule has 0 amide bonds. The van der Waals surface area contributed by atoms with Gasteiger partial charge in [0.25, 0.3) is 0 Å². The van der Waals surface area contributed by atoms with Gasteiger partial charge in [0.15, 0.2) is 5.11 Å². The quantitative estimate of drug-likeness (QED) is 0.280. The molecule has 0 unspecified atom stereocenters. The second kappa shape index (κ2) is 6.98. The van der Waals surface area contributed by atoms with Crippen LogP contribution in [0, 0.1) is 0 Å². The Morgan fingerprint density at radius 3 is 2.48 bits per heavy atom. The first kappa shape index (κ1) is 15.2. The fraction of sp³-hybridized carbons (Fsp3) is 0. The van der Waals surface area contributed by atoms with E-state index < -0.39 is 7.12 Å². The van der Waals surface area contributed by atoms with Crippen molar-refractivity contribution in [2.45, 2.75) is 0 Å². The van der Waals surface area contributed by atoms with Gasteiger partial charge >= 0.3 is 7.12 Å². The lowest BCUT2D eigenvalue weighted by Gasteiger charge is -2.05. The lowest BCUT2D eigenvalue weighted by Crippen LogP contribution is -2.29. The summed E-state index contributed by atoms with van der Waals surface area (Å²) < 4.78 is 0. The van der Waals surface area contributed by atoms with Gasteiger partial charge in [-0.3, -0.25) is 5.43 Å². The highest BCUT2D eigenvalue weighted by Crippen LogP contribution is 2.19. The minimum Gasteiger partial charge on any atom is -0.423 e. The van der Waals surface area contributed by atoms with Crippen LogP contribution in [-0.4, -0.2) is 28.5 Å². The number of rotatable bonds is 4. The summed E-state index contributed by atoms with van der Waals surface area (Å²) in [7, 11) is -1.45. The number of nitrogens with two attached hydrogens (primary N) is 1. The third-order valence-electron chi connectivity index (χ3n) is 2.82. The molecule has 0 aliphatic rings. The summed E-state index contributed by atoms with van der Waals surface area (Å²) >= 11 is 4.66. The second-order valence-corrected chi connectivity index (χ2v) is 4.80. The van der Waals surface area contributed by atoms with Gasteiger partial charge in [-0.25, -0.2) is 0 Å². The molecule has 7 heteroatoms. The van der Waals surface area contributed by atoms with Crippen LogP contribution in [0.5, 0.6) is 0 Å². The molecule has 5 nitrogen and oxygen atoms in total. The van der Waals surface area contributed by atoms with Gasteiger partial charge in [0.1, 0.15) is 0 Å². The Hall–Kier alpha value is -2.22. The fourth-order valence-corrected chi connectivity index (χ4v) is 1.87. The molecule has 5 N–H and O–H groups in total. The van der Waals surface area contributed by atoms with E-state index in [9.17, 15) is 0 Å². The molecule has 0 saturated heterocycles. The number of hydrogen-bond acceptors (Lipinski definition) is 4. The van der Waals surface area contributed by atoms with E-state index in [1.54, 1.807) is 18.3 Å². The zero-order chi connectivity index (χ0) is 15.2. The maximum absolute atomic E-state index is 9.08. The van der Waals surface area contributed by atoms with Crippen molar-refractivity contribution in [3.05, 3.63) is 54.1 Å². The Bertz CT molecular complexity index is 660. The number of nitrogens with one attached hydrogen (secondary N) is 1. The van der Waals surface area contributed by atoms with Crippen LogP contribution in [0.2, 0.25) is 0 Å². The Morgan fingerprint density at radius 2 is 1.86 bits per heavy atom. The Morgan fingerprint density at radius 1 is 1.14 bits per heavy atom. The normalized spacial score (nSPS) is 10.6. The molecule has 0 atom stereocenters. The number of thiocarbonyl (C=S) groups is 1. The van der Waals surface area contributed by atoms with Gasteiger partial charge in [-0.15, -0.1) is 0 Å². The first-order valence-corrected chi connectivity index (χ1v) is 6.62. The van der Waals surface area contributed by atoms with Crippen molar-refractivity contribution in [1.29, 1.82) is 0 Å². The Kier molecular flexibility index (Phi) is 5.05. The Labute approximate surface area is 128 Å². The maximum atomic E-state index is 9.08. The monoisotopic (exact) mass is 299 g/mol. The predicted molar refractivity (Wildman–Crippen MR) is 89.2 cm³/mol. The number of hydrazone groups is 1. The van der Waals surface area contributed by atoms with Gasteiger partial charge in [0.2, 0.25) is 0 Å². The number of benzene rings is 2. The zero-order valence-corrected chi connectivity index (χ0v) is 11.9. The predicted octanol–water partition coefficient (Wildman–Crippen LogP) is 0.200. The second-order valence-electron chi connectivity index (χ2n) is 4.36. The van der Waals surface area contributed by atoms with Gasteiger partial charge in [0, 0.05) is 0 Å². The van der Waals surface area contributed by atoms with E-state index in [1.165, 1.54) is 0 Å². The van der Waals surface area contributed by atoms with E-state index in [4.69, 9.17) is 15.8 Å². The molecule has 2 aromatic rings. The molecule has 0 radical (unpaired) electrons. The van der Waals surface area contributed by atoms with Crippen molar-refractivity contribution < 1.29 is 10.0 Å². The molecular formula is C14H14BN3O2S. The van der Waals surface area contributed by atoms with Crippen LogP contribution < -0.4 is 16.6 Å². The van der Waals surface area contributed by atoms with Crippen molar-refractivity contribution in [1.82, 2.24) is 5.43 Å². The highest BCUT2D eigenvalue weighted by atomic mass is 32.1. The van der Waals surface area contributed by atoms with E-state index in [2.05, 4.69) is 22.7 Å². The van der Waals surface area contributed by atoms with E-state index in [1.807, 2.05) is 36.4 Å². The van der Waals surface area contributed by atoms with Crippen LogP contribution in [0.4, 0.5) is 0 Å². The average molecular weight is 299 g/mol. The summed E-state index contributed by atoms with van der Waals surface area (Å²) in [4.78, 5) is 0. The van der Waals surface area contributed by atoms with Gasteiger partial charge in [-0.1, -0.05) is 42.5 Å². The molecule has 0 fully saturated rings. The standard InChI is InChI=1S/C14H14BN3O2S/c16-14(21)18-17-9-10-2-1-3-12(8-10)11-4-6-13(7-5-11)15(19)20/h1-9,19-20H,(H3,16,18,21). The van der Waals surface area contributed by atoms with Crippen LogP contribution in [-0.2, 0) is 0 Å². The number of hydrogen-bond donors (Lipinski definition) is 4. The summed E-state index contributed by atoms with van der Waals surface area (Å²) in [6.07, 6.45) is 1.62. The third kappa shape index (κ3) is 4.39. The molecule has 2 rings (SSSR count). The molecule has 0 aliphatic carbocycles. The molecule has 0 aromatic heterocycles.